The van der Waals surface area contributed by atoms with Crippen molar-refractivity contribution in [3.63, 3.8) is 0 Å². The van der Waals surface area contributed by atoms with E-state index in [2.05, 4.69) is 25.7 Å². The lowest BCUT2D eigenvalue weighted by Gasteiger charge is -2.09. The maximum atomic E-state index is 5.39. The minimum absolute atomic E-state index is 0.362. The lowest BCUT2D eigenvalue weighted by molar-refractivity contribution is 0.128. The van der Waals surface area contributed by atoms with E-state index in [4.69, 9.17) is 10.6 Å². The van der Waals surface area contributed by atoms with Gasteiger partial charge >= 0.3 is 0 Å². The first-order valence-corrected chi connectivity index (χ1v) is 6.73. The van der Waals surface area contributed by atoms with Gasteiger partial charge in [0.15, 0.2) is 5.82 Å². The van der Waals surface area contributed by atoms with Crippen LogP contribution in [0.4, 0.5) is 11.6 Å². The minimum atomic E-state index is 0.362. The van der Waals surface area contributed by atoms with Gasteiger partial charge in [0.05, 0.1) is 12.1 Å². The normalized spacial score (nSPS) is 10.4. The monoisotopic (exact) mass is 280 g/mol. The molecule has 0 aromatic carbocycles. The number of nitrogens with one attached hydrogen (secondary N) is 2. The van der Waals surface area contributed by atoms with Crippen LogP contribution < -0.4 is 16.6 Å². The predicted octanol–water partition coefficient (Wildman–Crippen LogP) is 1.37. The van der Waals surface area contributed by atoms with Crippen molar-refractivity contribution in [3.8, 4) is 0 Å². The van der Waals surface area contributed by atoms with Gasteiger partial charge in [-0.05, 0) is 6.92 Å². The molecule has 2 rings (SSSR count). The average molecular weight is 280 g/mol. The summed E-state index contributed by atoms with van der Waals surface area (Å²) in [6, 6.07) is 1.75. The van der Waals surface area contributed by atoms with E-state index in [1.54, 1.807) is 22.9 Å². The summed E-state index contributed by atoms with van der Waals surface area (Å²) in [5, 5.41) is 3.21. The molecular weight excluding hydrogens is 264 g/mol. The highest BCUT2D eigenvalue weighted by atomic mass is 32.1. The van der Waals surface area contributed by atoms with Crippen molar-refractivity contribution in [1.29, 1.82) is 0 Å². The van der Waals surface area contributed by atoms with E-state index in [0.717, 1.165) is 4.88 Å². The van der Waals surface area contributed by atoms with Crippen molar-refractivity contribution in [2.75, 3.05) is 17.3 Å². The maximum absolute atomic E-state index is 5.39. The number of thiazole rings is 1. The molecule has 2 aromatic heterocycles. The Bertz CT molecular complexity index is 504. The van der Waals surface area contributed by atoms with Crippen molar-refractivity contribution in [2.24, 2.45) is 5.84 Å². The van der Waals surface area contributed by atoms with Gasteiger partial charge in [0.25, 0.3) is 0 Å². The summed E-state index contributed by atoms with van der Waals surface area (Å²) in [7, 11) is 0. The topological polar surface area (TPSA) is 98.0 Å². The summed E-state index contributed by atoms with van der Waals surface area (Å²) in [6.45, 7) is 3.57. The molecule has 0 atom stereocenters. The second-order valence-electron chi connectivity index (χ2n) is 3.66. The average Bonchev–Trinajstić information content (AvgIpc) is 2.96. The van der Waals surface area contributed by atoms with Crippen LogP contribution in [0.5, 0.6) is 0 Å². The van der Waals surface area contributed by atoms with Gasteiger partial charge in [-0.1, -0.05) is 0 Å². The van der Waals surface area contributed by atoms with E-state index in [0.29, 0.717) is 37.2 Å². The van der Waals surface area contributed by atoms with Crippen molar-refractivity contribution in [3.05, 3.63) is 28.5 Å². The molecule has 2 heterocycles. The van der Waals surface area contributed by atoms with Crippen LogP contribution in [0.2, 0.25) is 0 Å². The van der Waals surface area contributed by atoms with Crippen LogP contribution in [-0.2, 0) is 17.9 Å². The fourth-order valence-corrected chi connectivity index (χ4v) is 1.96. The van der Waals surface area contributed by atoms with Gasteiger partial charge in [-0.3, -0.25) is 4.98 Å². The number of nitrogen functional groups attached to an aromatic ring is 1. The number of ether oxygens (including phenoxy) is 1. The van der Waals surface area contributed by atoms with Gasteiger partial charge in [-0.2, -0.15) is 0 Å². The number of nitrogens with two attached hydrogens (primary N) is 1. The number of nitrogens with zero attached hydrogens (tertiary/aromatic N) is 3. The Morgan fingerprint density at radius 2 is 2.21 bits per heavy atom. The van der Waals surface area contributed by atoms with Crippen molar-refractivity contribution < 1.29 is 4.74 Å². The van der Waals surface area contributed by atoms with E-state index in [1.807, 2.05) is 13.1 Å². The fourth-order valence-electron chi connectivity index (χ4n) is 1.43. The molecule has 0 unspecified atom stereocenters. The van der Waals surface area contributed by atoms with Crippen LogP contribution >= 0.6 is 11.3 Å². The van der Waals surface area contributed by atoms with Crippen LogP contribution in [0.15, 0.2) is 17.8 Å². The van der Waals surface area contributed by atoms with Crippen LogP contribution in [0, 0.1) is 0 Å². The summed E-state index contributed by atoms with van der Waals surface area (Å²) in [5.41, 5.74) is 4.32. The smallest absolute Gasteiger partial charge is 0.158 e. The zero-order chi connectivity index (χ0) is 13.5. The molecule has 0 fully saturated rings. The molecule has 0 amide bonds. The van der Waals surface area contributed by atoms with E-state index < -0.39 is 0 Å². The molecule has 7 nitrogen and oxygen atoms in total. The molecule has 0 radical (unpaired) electrons. The third kappa shape index (κ3) is 4.12. The highest BCUT2D eigenvalue weighted by Crippen LogP contribution is 2.13. The summed E-state index contributed by atoms with van der Waals surface area (Å²) in [6.07, 6.45) is 1.82. The number of hydrogen-bond donors (Lipinski definition) is 3. The quantitative estimate of drug-likeness (QED) is 0.520. The molecule has 19 heavy (non-hydrogen) atoms. The molecule has 0 saturated heterocycles. The summed E-state index contributed by atoms with van der Waals surface area (Å²) in [4.78, 5) is 13.7. The van der Waals surface area contributed by atoms with Crippen molar-refractivity contribution in [1.82, 2.24) is 15.0 Å². The molecule has 0 aliphatic heterocycles. The number of anilines is 2. The molecule has 0 saturated carbocycles. The van der Waals surface area contributed by atoms with Crippen LogP contribution in [-0.4, -0.2) is 21.6 Å². The summed E-state index contributed by atoms with van der Waals surface area (Å²) in [5.74, 6) is 7.23. The molecule has 0 bridgehead atoms. The second kappa shape index (κ2) is 6.98. The molecule has 8 heteroatoms. The molecule has 4 N–H and O–H groups in total. The van der Waals surface area contributed by atoms with E-state index in [9.17, 15) is 0 Å². The van der Waals surface area contributed by atoms with Gasteiger partial charge in [0, 0.05) is 23.7 Å². The predicted molar refractivity (Wildman–Crippen MR) is 74.6 cm³/mol. The zero-order valence-electron chi connectivity index (χ0n) is 10.6. The number of aromatic nitrogens is 3. The van der Waals surface area contributed by atoms with Gasteiger partial charge in [0.1, 0.15) is 18.2 Å². The van der Waals surface area contributed by atoms with E-state index >= 15 is 0 Å². The summed E-state index contributed by atoms with van der Waals surface area (Å²) < 4.78 is 5.30. The second-order valence-corrected chi connectivity index (χ2v) is 4.63. The standard InChI is InChI=1S/C11H16N6OS/c1-2-18-6-11-15-9(3-10(16-11)17-12)14-5-8-4-13-7-19-8/h3-4,7H,2,5-6,12H2,1H3,(H2,14,15,16,17). The van der Waals surface area contributed by atoms with Gasteiger partial charge < -0.3 is 15.5 Å². The van der Waals surface area contributed by atoms with Crippen molar-refractivity contribution in [2.45, 2.75) is 20.1 Å². The van der Waals surface area contributed by atoms with Crippen LogP contribution in [0.25, 0.3) is 0 Å². The highest BCUT2D eigenvalue weighted by molar-refractivity contribution is 7.09. The minimum Gasteiger partial charge on any atom is -0.374 e. The van der Waals surface area contributed by atoms with E-state index in [-0.39, 0.29) is 0 Å². The lowest BCUT2D eigenvalue weighted by Crippen LogP contribution is -2.12. The third-order valence-corrected chi connectivity index (χ3v) is 3.06. The lowest BCUT2D eigenvalue weighted by atomic mass is 10.4. The molecule has 102 valence electrons. The highest BCUT2D eigenvalue weighted by Gasteiger charge is 2.04. The van der Waals surface area contributed by atoms with Gasteiger partial charge in [-0.15, -0.1) is 11.3 Å². The Morgan fingerprint density at radius 3 is 2.89 bits per heavy atom. The Labute approximate surface area is 115 Å². The Hall–Kier alpha value is -1.77. The van der Waals surface area contributed by atoms with Crippen LogP contribution in [0.1, 0.15) is 17.6 Å². The molecule has 0 spiro atoms. The third-order valence-electron chi connectivity index (χ3n) is 2.28. The SMILES string of the molecule is CCOCc1nc(NN)cc(NCc2cncs2)n1. The maximum Gasteiger partial charge on any atom is 0.158 e. The molecule has 0 aliphatic rings. The Kier molecular flexibility index (Phi) is 5.01. The van der Waals surface area contributed by atoms with Gasteiger partial charge in [-0.25, -0.2) is 15.8 Å². The molecule has 2 aromatic rings. The van der Waals surface area contributed by atoms with E-state index in [1.165, 1.54) is 0 Å². The first kappa shape index (κ1) is 13.7. The van der Waals surface area contributed by atoms with Crippen molar-refractivity contribution >= 4 is 23.0 Å². The zero-order valence-corrected chi connectivity index (χ0v) is 11.4. The Balaban J connectivity index is 2.05. The first-order valence-electron chi connectivity index (χ1n) is 5.85. The fraction of sp³-hybridized carbons (Fsp3) is 0.364. The Morgan fingerprint density at radius 1 is 1.37 bits per heavy atom. The molecular formula is C11H16N6OS. The van der Waals surface area contributed by atoms with Gasteiger partial charge in [0.2, 0.25) is 0 Å². The summed E-state index contributed by atoms with van der Waals surface area (Å²) >= 11 is 1.59. The number of hydrogen-bond acceptors (Lipinski definition) is 8. The number of rotatable bonds is 7. The largest absolute Gasteiger partial charge is 0.374 e. The molecule has 0 aliphatic carbocycles. The number of hydrazine groups is 1. The first-order chi connectivity index (χ1) is 9.31. The van der Waals surface area contributed by atoms with Crippen LogP contribution in [0.3, 0.4) is 0 Å².